The first kappa shape index (κ1) is 22.1. The van der Waals surface area contributed by atoms with Crippen LogP contribution >= 0.6 is 0 Å². The Morgan fingerprint density at radius 1 is 0.875 bits per heavy atom. The van der Waals surface area contributed by atoms with E-state index in [-0.39, 0.29) is 11.8 Å². The Hall–Kier alpha value is 0.0169. The fourth-order valence-corrected chi connectivity index (χ4v) is 5.23. The summed E-state index contributed by atoms with van der Waals surface area (Å²) in [4.78, 5) is 0. The second kappa shape index (κ2) is 13.3. The van der Waals surface area contributed by atoms with Crippen LogP contribution in [-0.2, 0) is 22.8 Å². The quantitative estimate of drug-likeness (QED) is 0.221. The van der Waals surface area contributed by atoms with Gasteiger partial charge in [0.2, 0.25) is 0 Å². The summed E-state index contributed by atoms with van der Waals surface area (Å²) in [6, 6.07) is 0. The normalized spacial score (nSPS) is 18.8. The van der Waals surface area contributed by atoms with E-state index in [0.717, 1.165) is 51.6 Å². The second-order valence-corrected chi connectivity index (χ2v) is 9.11. The highest BCUT2D eigenvalue weighted by atomic mass is 28.4. The van der Waals surface area contributed by atoms with Crippen LogP contribution in [0.15, 0.2) is 0 Å². The summed E-state index contributed by atoms with van der Waals surface area (Å²) >= 11 is 0. The second-order valence-electron chi connectivity index (χ2n) is 6.40. The van der Waals surface area contributed by atoms with E-state index in [2.05, 4.69) is 27.7 Å². The molecule has 0 N–H and O–H groups in total. The summed E-state index contributed by atoms with van der Waals surface area (Å²) in [5, 5.41) is 0. The molecule has 1 aliphatic heterocycles. The Labute approximate surface area is 149 Å². The van der Waals surface area contributed by atoms with Crippen molar-refractivity contribution in [3.8, 4) is 0 Å². The number of unbranched alkanes of at least 4 members (excludes halogenated alkanes) is 3. The van der Waals surface area contributed by atoms with E-state index < -0.39 is 8.80 Å². The van der Waals surface area contributed by atoms with Crippen molar-refractivity contribution in [2.45, 2.75) is 84.5 Å². The largest absolute Gasteiger partial charge is 0.531 e. The van der Waals surface area contributed by atoms with Crippen LogP contribution in [0.3, 0.4) is 0 Å². The molecule has 1 fully saturated rings. The number of hydrogen-bond acceptors (Lipinski definition) is 5. The zero-order valence-corrected chi connectivity index (χ0v) is 17.2. The van der Waals surface area contributed by atoms with Gasteiger partial charge in [-0.3, -0.25) is 0 Å². The zero-order chi connectivity index (χ0) is 17.7. The van der Waals surface area contributed by atoms with Crippen LogP contribution in [0, 0.1) is 0 Å². The Morgan fingerprint density at radius 3 is 1.67 bits per heavy atom. The molecule has 1 rings (SSSR count). The van der Waals surface area contributed by atoms with Crippen molar-refractivity contribution < 1.29 is 22.8 Å². The maximum absolute atomic E-state index is 6.30. The molecule has 0 radical (unpaired) electrons. The van der Waals surface area contributed by atoms with Crippen molar-refractivity contribution in [1.82, 2.24) is 0 Å². The lowest BCUT2D eigenvalue weighted by Gasteiger charge is -2.35. The lowest BCUT2D eigenvalue weighted by Crippen LogP contribution is -2.58. The highest BCUT2D eigenvalue weighted by Crippen LogP contribution is 2.24. The molecule has 2 atom stereocenters. The van der Waals surface area contributed by atoms with Gasteiger partial charge in [-0.05, 0) is 25.7 Å². The maximum atomic E-state index is 6.30. The van der Waals surface area contributed by atoms with E-state index in [1.807, 2.05) is 0 Å². The van der Waals surface area contributed by atoms with E-state index in [1.54, 1.807) is 0 Å². The van der Waals surface area contributed by atoms with Gasteiger partial charge in [0.1, 0.15) is 11.8 Å². The van der Waals surface area contributed by atoms with Crippen LogP contribution in [0.25, 0.3) is 0 Å². The molecular formula is C18H38O5Si. The third-order valence-corrected chi connectivity index (χ3v) is 7.24. The Kier molecular flexibility index (Phi) is 12.2. The highest BCUT2D eigenvalue weighted by molar-refractivity contribution is 6.62. The minimum absolute atomic E-state index is 0.104. The van der Waals surface area contributed by atoms with Crippen LogP contribution in [-0.4, -0.2) is 53.7 Å². The standard InChI is InChI=1S/C18H38O5Si/c1-5-9-12-21-24(22-13-10-6-2,23-14-11-7-3)18(8-4)20-16-17-15-19-17/h17-18H,5-16H2,1-4H3. The van der Waals surface area contributed by atoms with Crippen LogP contribution < -0.4 is 0 Å². The van der Waals surface area contributed by atoms with E-state index in [9.17, 15) is 0 Å². The summed E-state index contributed by atoms with van der Waals surface area (Å²) in [6.07, 6.45) is 7.43. The van der Waals surface area contributed by atoms with Crippen molar-refractivity contribution >= 4 is 8.80 Å². The minimum Gasteiger partial charge on any atom is -0.372 e. The van der Waals surface area contributed by atoms with Crippen molar-refractivity contribution in [1.29, 1.82) is 0 Å². The zero-order valence-electron chi connectivity index (χ0n) is 16.2. The molecule has 0 aromatic heterocycles. The summed E-state index contributed by atoms with van der Waals surface area (Å²) in [5.74, 6) is 0. The van der Waals surface area contributed by atoms with Gasteiger partial charge in [0.05, 0.1) is 13.2 Å². The van der Waals surface area contributed by atoms with Crippen LogP contribution in [0.1, 0.15) is 72.6 Å². The van der Waals surface area contributed by atoms with E-state index in [1.165, 1.54) is 0 Å². The van der Waals surface area contributed by atoms with Gasteiger partial charge >= 0.3 is 8.80 Å². The molecule has 1 aliphatic rings. The highest BCUT2D eigenvalue weighted by Gasteiger charge is 2.50. The molecule has 0 aromatic carbocycles. The molecule has 144 valence electrons. The maximum Gasteiger partial charge on any atom is 0.531 e. The summed E-state index contributed by atoms with van der Waals surface area (Å²) < 4.78 is 30.3. The Morgan fingerprint density at radius 2 is 1.33 bits per heavy atom. The first-order valence-electron chi connectivity index (χ1n) is 9.87. The summed E-state index contributed by atoms with van der Waals surface area (Å²) in [7, 11) is -2.85. The van der Waals surface area contributed by atoms with E-state index in [0.29, 0.717) is 26.4 Å². The van der Waals surface area contributed by atoms with Crippen LogP contribution in [0.4, 0.5) is 0 Å². The van der Waals surface area contributed by atoms with E-state index in [4.69, 9.17) is 22.8 Å². The molecule has 5 nitrogen and oxygen atoms in total. The first-order valence-corrected chi connectivity index (χ1v) is 11.7. The van der Waals surface area contributed by atoms with Gasteiger partial charge in [0.25, 0.3) is 0 Å². The Balaban J connectivity index is 2.75. The van der Waals surface area contributed by atoms with Crippen LogP contribution in [0.2, 0.25) is 0 Å². The average Bonchev–Trinajstić information content (AvgIpc) is 3.40. The smallest absolute Gasteiger partial charge is 0.372 e. The lowest BCUT2D eigenvalue weighted by atomic mass is 10.4. The number of rotatable bonds is 17. The molecule has 0 bridgehead atoms. The summed E-state index contributed by atoms with van der Waals surface area (Å²) in [5.41, 5.74) is -0.104. The SMILES string of the molecule is CCCCO[Si](OCCCC)(OCCCC)C(CC)OCC1CO1. The molecule has 24 heavy (non-hydrogen) atoms. The topological polar surface area (TPSA) is 49.5 Å². The molecule has 6 heteroatoms. The molecule has 0 amide bonds. The molecule has 0 aromatic rings. The predicted molar refractivity (Wildman–Crippen MR) is 98.1 cm³/mol. The minimum atomic E-state index is -2.85. The number of ether oxygens (including phenoxy) is 2. The molecule has 0 spiro atoms. The molecule has 0 saturated carbocycles. The summed E-state index contributed by atoms with van der Waals surface area (Å²) in [6.45, 7) is 12.1. The van der Waals surface area contributed by atoms with Gasteiger partial charge in [-0.2, -0.15) is 0 Å². The number of hydrogen-bond donors (Lipinski definition) is 0. The fourth-order valence-electron chi connectivity index (χ4n) is 2.34. The van der Waals surface area contributed by atoms with Gasteiger partial charge in [-0.1, -0.05) is 47.0 Å². The molecule has 0 aliphatic carbocycles. The van der Waals surface area contributed by atoms with Gasteiger partial charge in [-0.15, -0.1) is 0 Å². The van der Waals surface area contributed by atoms with Crippen molar-refractivity contribution in [2.75, 3.05) is 33.0 Å². The predicted octanol–water partition coefficient (Wildman–Crippen LogP) is 4.11. The lowest BCUT2D eigenvalue weighted by molar-refractivity contribution is -0.0213. The first-order chi connectivity index (χ1) is 11.7. The molecule has 1 saturated heterocycles. The van der Waals surface area contributed by atoms with Gasteiger partial charge in [0, 0.05) is 19.8 Å². The van der Waals surface area contributed by atoms with Gasteiger partial charge in [-0.25, -0.2) is 0 Å². The molecule has 1 heterocycles. The van der Waals surface area contributed by atoms with Crippen LogP contribution in [0.5, 0.6) is 0 Å². The molecule has 2 unspecified atom stereocenters. The number of epoxide rings is 1. The van der Waals surface area contributed by atoms with Crippen molar-refractivity contribution in [3.63, 3.8) is 0 Å². The van der Waals surface area contributed by atoms with Gasteiger partial charge < -0.3 is 22.8 Å². The third-order valence-electron chi connectivity index (χ3n) is 4.05. The Bertz CT molecular complexity index is 273. The van der Waals surface area contributed by atoms with Gasteiger partial charge in [0.15, 0.2) is 0 Å². The third kappa shape index (κ3) is 8.40. The monoisotopic (exact) mass is 362 g/mol. The van der Waals surface area contributed by atoms with E-state index >= 15 is 0 Å². The van der Waals surface area contributed by atoms with Crippen molar-refractivity contribution in [3.05, 3.63) is 0 Å². The fraction of sp³-hybridized carbons (Fsp3) is 1.00. The average molecular weight is 363 g/mol. The molecular weight excluding hydrogens is 324 g/mol. The van der Waals surface area contributed by atoms with Crippen molar-refractivity contribution in [2.24, 2.45) is 0 Å².